The van der Waals surface area contributed by atoms with Crippen LogP contribution in [0.1, 0.15) is 63.5 Å². The molecule has 0 aromatic heterocycles. The molecule has 4 bridgehead atoms. The molecule has 8 rings (SSSR count). The van der Waals surface area contributed by atoms with Crippen molar-refractivity contribution in [2.24, 2.45) is 29.1 Å². The summed E-state index contributed by atoms with van der Waals surface area (Å²) in [6.45, 7) is 4.29. The zero-order valence-electron chi connectivity index (χ0n) is 21.0. The van der Waals surface area contributed by atoms with Gasteiger partial charge in [0.1, 0.15) is 5.92 Å². The van der Waals surface area contributed by atoms with Gasteiger partial charge in [0.2, 0.25) is 11.8 Å². The highest BCUT2D eigenvalue weighted by Gasteiger charge is 2.60. The third-order valence-electron chi connectivity index (χ3n) is 10.1. The number of hydrogen-bond donors (Lipinski definition) is 0. The Morgan fingerprint density at radius 3 is 1.54 bits per heavy atom. The average Bonchev–Trinajstić information content (AvgIpc) is 3.32. The van der Waals surface area contributed by atoms with Gasteiger partial charge in [0.05, 0.1) is 0 Å². The van der Waals surface area contributed by atoms with Crippen molar-refractivity contribution >= 4 is 23.2 Å². The average molecular weight is 469 g/mol. The Morgan fingerprint density at radius 1 is 0.714 bits per heavy atom. The summed E-state index contributed by atoms with van der Waals surface area (Å²) in [6, 6.07) is 16.8. The summed E-state index contributed by atoms with van der Waals surface area (Å²) in [7, 11) is 0. The molecule has 35 heavy (non-hydrogen) atoms. The van der Waals surface area contributed by atoms with Gasteiger partial charge in [0, 0.05) is 23.5 Å². The van der Waals surface area contributed by atoms with Gasteiger partial charge in [-0.15, -0.1) is 0 Å². The van der Waals surface area contributed by atoms with Gasteiger partial charge in [-0.05, 0) is 112 Å². The number of carbonyl (C=O) groups is 2. The van der Waals surface area contributed by atoms with Crippen LogP contribution in [0.2, 0.25) is 0 Å². The van der Waals surface area contributed by atoms with Crippen molar-refractivity contribution in [3.63, 3.8) is 0 Å². The van der Waals surface area contributed by atoms with Crippen molar-refractivity contribution in [1.82, 2.24) is 0 Å². The summed E-state index contributed by atoms with van der Waals surface area (Å²) in [5, 5.41) is 0. The lowest BCUT2D eigenvalue weighted by Crippen LogP contribution is -2.59. The molecule has 182 valence electrons. The zero-order valence-corrected chi connectivity index (χ0v) is 21.0. The highest BCUT2D eigenvalue weighted by molar-refractivity contribution is 6.14. The Hall–Kier alpha value is -2.62. The molecule has 4 saturated carbocycles. The fourth-order valence-electron chi connectivity index (χ4n) is 9.24. The number of amides is 2. The summed E-state index contributed by atoms with van der Waals surface area (Å²) in [4.78, 5) is 33.5. The van der Waals surface area contributed by atoms with E-state index in [-0.39, 0.29) is 29.3 Å². The van der Waals surface area contributed by atoms with E-state index in [0.717, 1.165) is 43.5 Å². The number of anilines is 2. The van der Waals surface area contributed by atoms with Crippen LogP contribution in [-0.4, -0.2) is 23.9 Å². The summed E-state index contributed by atoms with van der Waals surface area (Å²) < 4.78 is 0. The standard InChI is InChI=1S/C31H36N2O2/c1-19-11-24-7-3-5-9-26(24)32(19)29(34)28(31-16-21-13-22(17-31)15-23(14-21)18-31)30(35)33-20(2)12-25-8-4-6-10-27(25)33/h3-10,19-23,28H,11-18H2,1-2H3/t19-,20+,21?,22?,23?,28?,31?. The largest absolute Gasteiger partial charge is 0.308 e. The molecule has 0 saturated heterocycles. The summed E-state index contributed by atoms with van der Waals surface area (Å²) >= 11 is 0. The van der Waals surface area contributed by atoms with Crippen molar-refractivity contribution in [3.8, 4) is 0 Å². The van der Waals surface area contributed by atoms with Crippen molar-refractivity contribution < 1.29 is 9.59 Å². The molecule has 1 unspecified atom stereocenters. The lowest BCUT2D eigenvalue weighted by atomic mass is 9.46. The maximum Gasteiger partial charge on any atom is 0.240 e. The van der Waals surface area contributed by atoms with Crippen LogP contribution < -0.4 is 9.80 Å². The number of rotatable bonds is 3. The highest BCUT2D eigenvalue weighted by atomic mass is 16.2. The third kappa shape index (κ3) is 3.17. The monoisotopic (exact) mass is 468 g/mol. The van der Waals surface area contributed by atoms with E-state index in [1.807, 2.05) is 21.9 Å². The van der Waals surface area contributed by atoms with E-state index in [0.29, 0.717) is 17.8 Å². The second-order valence-electron chi connectivity index (χ2n) is 12.5. The first-order valence-electron chi connectivity index (χ1n) is 13.8. The summed E-state index contributed by atoms with van der Waals surface area (Å²) in [5.74, 6) is 1.61. The topological polar surface area (TPSA) is 40.6 Å². The minimum Gasteiger partial charge on any atom is -0.308 e. The van der Waals surface area contributed by atoms with E-state index < -0.39 is 5.92 Å². The van der Waals surface area contributed by atoms with Crippen molar-refractivity contribution in [2.75, 3.05) is 9.80 Å². The van der Waals surface area contributed by atoms with E-state index in [4.69, 9.17) is 0 Å². The molecule has 0 radical (unpaired) electrons. The van der Waals surface area contributed by atoms with E-state index >= 15 is 0 Å². The van der Waals surface area contributed by atoms with Gasteiger partial charge in [0.25, 0.3) is 0 Å². The molecular weight excluding hydrogens is 432 g/mol. The Kier molecular flexibility index (Phi) is 4.75. The molecule has 2 heterocycles. The van der Waals surface area contributed by atoms with Crippen molar-refractivity contribution in [1.29, 1.82) is 0 Å². The first-order valence-corrected chi connectivity index (χ1v) is 13.8. The van der Waals surface area contributed by atoms with Gasteiger partial charge in [-0.3, -0.25) is 9.59 Å². The Balaban J connectivity index is 1.33. The molecule has 6 aliphatic rings. The van der Waals surface area contributed by atoms with Gasteiger partial charge in [0.15, 0.2) is 0 Å². The first-order chi connectivity index (χ1) is 16.9. The molecule has 4 heteroatoms. The summed E-state index contributed by atoms with van der Waals surface area (Å²) in [5.41, 5.74) is 4.30. The van der Waals surface area contributed by atoms with Crippen LogP contribution in [0.5, 0.6) is 0 Å². The number of para-hydroxylation sites is 2. The van der Waals surface area contributed by atoms with Crippen LogP contribution in [0.4, 0.5) is 11.4 Å². The number of carbonyl (C=O) groups excluding carboxylic acids is 2. The van der Waals surface area contributed by atoms with E-state index in [9.17, 15) is 9.59 Å². The van der Waals surface area contributed by atoms with Gasteiger partial charge in [-0.2, -0.15) is 0 Å². The van der Waals surface area contributed by atoms with Crippen LogP contribution >= 0.6 is 0 Å². The number of fused-ring (bicyclic) bond motifs is 2. The second-order valence-corrected chi connectivity index (χ2v) is 12.5. The van der Waals surface area contributed by atoms with Crippen molar-refractivity contribution in [3.05, 3.63) is 59.7 Å². The molecule has 0 N–H and O–H groups in total. The number of benzene rings is 2. The third-order valence-corrected chi connectivity index (χ3v) is 10.1. The quantitative estimate of drug-likeness (QED) is 0.536. The highest BCUT2D eigenvalue weighted by Crippen LogP contribution is 2.63. The minimum atomic E-state index is -0.585. The molecule has 3 atom stereocenters. The maximum absolute atomic E-state index is 14.7. The lowest BCUT2D eigenvalue weighted by Gasteiger charge is -2.59. The molecule has 4 aliphatic carbocycles. The first kappa shape index (κ1) is 21.6. The molecule has 2 amide bonds. The number of hydrogen-bond acceptors (Lipinski definition) is 2. The minimum absolute atomic E-state index is 0.0611. The molecule has 0 spiro atoms. The fraction of sp³-hybridized carbons (Fsp3) is 0.548. The van der Waals surface area contributed by atoms with Gasteiger partial charge in [-0.1, -0.05) is 36.4 Å². The molecule has 2 aromatic carbocycles. The predicted molar refractivity (Wildman–Crippen MR) is 138 cm³/mol. The lowest BCUT2D eigenvalue weighted by molar-refractivity contribution is -0.150. The Morgan fingerprint density at radius 2 is 1.11 bits per heavy atom. The van der Waals surface area contributed by atoms with Crippen LogP contribution in [0.25, 0.3) is 0 Å². The van der Waals surface area contributed by atoms with Gasteiger partial charge >= 0.3 is 0 Å². The summed E-state index contributed by atoms with van der Waals surface area (Å²) in [6.07, 6.45) is 8.80. The van der Waals surface area contributed by atoms with Gasteiger partial charge in [-0.25, -0.2) is 0 Å². The molecule has 4 nitrogen and oxygen atoms in total. The number of nitrogens with zero attached hydrogens (tertiary/aromatic N) is 2. The van der Waals surface area contributed by atoms with Gasteiger partial charge < -0.3 is 9.80 Å². The smallest absolute Gasteiger partial charge is 0.240 e. The molecule has 4 fully saturated rings. The van der Waals surface area contributed by atoms with E-state index in [1.165, 1.54) is 30.4 Å². The van der Waals surface area contributed by atoms with E-state index in [1.54, 1.807) is 0 Å². The van der Waals surface area contributed by atoms with E-state index in [2.05, 4.69) is 50.2 Å². The SMILES string of the molecule is C[C@@H]1Cc2ccccc2N1C(=O)C(C(=O)N1c2ccccc2C[C@@H]1C)C12CC3CC(CC(C3)C1)C2. The molecular formula is C31H36N2O2. The molecule has 2 aromatic rings. The molecule has 2 aliphatic heterocycles. The normalized spacial score (nSPS) is 35.2. The van der Waals surface area contributed by atoms with Crippen LogP contribution in [0, 0.1) is 29.1 Å². The fourth-order valence-corrected chi connectivity index (χ4v) is 9.24. The maximum atomic E-state index is 14.7. The Bertz CT molecular complexity index is 1100. The van der Waals surface area contributed by atoms with Crippen LogP contribution in [0.15, 0.2) is 48.5 Å². The second kappa shape index (κ2) is 7.69. The Labute approximate surface area is 208 Å². The van der Waals surface area contributed by atoms with Crippen LogP contribution in [0.3, 0.4) is 0 Å². The van der Waals surface area contributed by atoms with Crippen LogP contribution in [-0.2, 0) is 22.4 Å². The van der Waals surface area contributed by atoms with Crippen molar-refractivity contribution in [2.45, 2.75) is 77.3 Å². The zero-order chi connectivity index (χ0) is 23.9. The predicted octanol–water partition coefficient (Wildman–Crippen LogP) is 5.77.